The van der Waals surface area contributed by atoms with E-state index in [0.717, 1.165) is 4.47 Å². The largest absolute Gasteiger partial charge is 0.326 e. The Morgan fingerprint density at radius 2 is 2.38 bits per heavy atom. The summed E-state index contributed by atoms with van der Waals surface area (Å²) in [7, 11) is 0. The number of aromatic amines is 1. The van der Waals surface area contributed by atoms with Gasteiger partial charge in [0, 0.05) is 17.1 Å². The number of halogens is 1. The number of carbonyl (C=O) groups excluding carboxylic acids is 1. The number of amides is 1. The Labute approximate surface area is 83.5 Å². The maximum Gasteiger partial charge on any atom is 0.271 e. The van der Waals surface area contributed by atoms with Crippen LogP contribution in [-0.2, 0) is 4.79 Å². The minimum atomic E-state index is -0.301. The van der Waals surface area contributed by atoms with Gasteiger partial charge in [0.1, 0.15) is 5.69 Å². The lowest BCUT2D eigenvalue weighted by atomic mass is 10.4. The van der Waals surface area contributed by atoms with Gasteiger partial charge in [0.25, 0.3) is 5.56 Å². The van der Waals surface area contributed by atoms with E-state index in [1.807, 2.05) is 0 Å². The third-order valence-corrected chi connectivity index (χ3v) is 1.92. The SMILES string of the molecule is CCC(=O)Nc1cc(Br)c[nH]c1=O. The van der Waals surface area contributed by atoms with Gasteiger partial charge in [0.05, 0.1) is 0 Å². The minimum absolute atomic E-state index is 0.177. The zero-order chi connectivity index (χ0) is 9.84. The van der Waals surface area contributed by atoms with Gasteiger partial charge < -0.3 is 10.3 Å². The summed E-state index contributed by atoms with van der Waals surface area (Å²) < 4.78 is 0.721. The second-order valence-corrected chi connectivity index (χ2v) is 3.38. The van der Waals surface area contributed by atoms with Crippen molar-refractivity contribution in [2.45, 2.75) is 13.3 Å². The van der Waals surface area contributed by atoms with Crippen molar-refractivity contribution in [3.63, 3.8) is 0 Å². The van der Waals surface area contributed by atoms with Crippen molar-refractivity contribution in [1.82, 2.24) is 4.98 Å². The van der Waals surface area contributed by atoms with E-state index in [2.05, 4.69) is 26.2 Å². The molecule has 0 bridgehead atoms. The number of hydrogen-bond acceptors (Lipinski definition) is 2. The van der Waals surface area contributed by atoms with E-state index < -0.39 is 0 Å². The van der Waals surface area contributed by atoms with Crippen LogP contribution in [0.5, 0.6) is 0 Å². The van der Waals surface area contributed by atoms with Crippen LogP contribution in [0.25, 0.3) is 0 Å². The van der Waals surface area contributed by atoms with E-state index in [4.69, 9.17) is 0 Å². The van der Waals surface area contributed by atoms with Crippen molar-refractivity contribution in [2.75, 3.05) is 5.32 Å². The molecule has 0 aromatic carbocycles. The summed E-state index contributed by atoms with van der Waals surface area (Å²) in [5, 5.41) is 2.49. The lowest BCUT2D eigenvalue weighted by Crippen LogP contribution is -2.18. The average Bonchev–Trinajstić information content (AvgIpc) is 2.11. The first kappa shape index (κ1) is 9.98. The second kappa shape index (κ2) is 4.23. The monoisotopic (exact) mass is 244 g/mol. The van der Waals surface area contributed by atoms with Crippen molar-refractivity contribution in [2.24, 2.45) is 0 Å². The highest BCUT2D eigenvalue weighted by molar-refractivity contribution is 9.10. The molecule has 0 atom stereocenters. The molecule has 0 unspecified atom stereocenters. The average molecular weight is 245 g/mol. The van der Waals surface area contributed by atoms with Crippen LogP contribution in [0.3, 0.4) is 0 Å². The zero-order valence-electron chi connectivity index (χ0n) is 7.06. The van der Waals surface area contributed by atoms with Crippen molar-refractivity contribution in [3.05, 3.63) is 27.1 Å². The van der Waals surface area contributed by atoms with Crippen molar-refractivity contribution >= 4 is 27.5 Å². The van der Waals surface area contributed by atoms with Gasteiger partial charge in [-0.15, -0.1) is 0 Å². The van der Waals surface area contributed by atoms with Crippen LogP contribution in [0.1, 0.15) is 13.3 Å². The van der Waals surface area contributed by atoms with Gasteiger partial charge in [-0.25, -0.2) is 0 Å². The van der Waals surface area contributed by atoms with Gasteiger partial charge in [-0.05, 0) is 22.0 Å². The van der Waals surface area contributed by atoms with E-state index in [0.29, 0.717) is 6.42 Å². The summed E-state index contributed by atoms with van der Waals surface area (Å²) in [6.45, 7) is 1.72. The van der Waals surface area contributed by atoms with Gasteiger partial charge >= 0.3 is 0 Å². The second-order valence-electron chi connectivity index (χ2n) is 2.46. The first-order valence-corrected chi connectivity index (χ1v) is 4.61. The molecular weight excluding hydrogens is 236 g/mol. The number of H-pyrrole nitrogens is 1. The molecule has 70 valence electrons. The topological polar surface area (TPSA) is 62.0 Å². The standard InChI is InChI=1S/C8H9BrN2O2/c1-2-7(12)11-6-3-5(9)4-10-8(6)13/h3-4H,2H2,1H3,(H,10,13)(H,11,12). The van der Waals surface area contributed by atoms with E-state index in [9.17, 15) is 9.59 Å². The molecule has 1 heterocycles. The third-order valence-electron chi connectivity index (χ3n) is 1.46. The van der Waals surface area contributed by atoms with Crippen LogP contribution in [0.2, 0.25) is 0 Å². The fourth-order valence-electron chi connectivity index (χ4n) is 0.789. The highest BCUT2D eigenvalue weighted by atomic mass is 79.9. The summed E-state index contributed by atoms with van der Waals surface area (Å²) in [4.78, 5) is 24.6. The molecule has 0 spiro atoms. The summed E-state index contributed by atoms with van der Waals surface area (Å²) in [6, 6.07) is 1.56. The smallest absolute Gasteiger partial charge is 0.271 e. The maximum atomic E-state index is 11.1. The molecule has 1 rings (SSSR count). The van der Waals surface area contributed by atoms with Crippen LogP contribution in [0.15, 0.2) is 21.5 Å². The molecule has 0 saturated carbocycles. The van der Waals surface area contributed by atoms with Gasteiger partial charge in [0.15, 0.2) is 0 Å². The van der Waals surface area contributed by atoms with Crippen LogP contribution in [0.4, 0.5) is 5.69 Å². The zero-order valence-corrected chi connectivity index (χ0v) is 8.64. The highest BCUT2D eigenvalue weighted by Gasteiger charge is 2.03. The molecule has 1 amide bonds. The van der Waals surface area contributed by atoms with Crippen molar-refractivity contribution in [3.8, 4) is 0 Å². The van der Waals surface area contributed by atoms with Gasteiger partial charge in [-0.1, -0.05) is 6.92 Å². The first-order valence-electron chi connectivity index (χ1n) is 3.81. The van der Waals surface area contributed by atoms with Crippen LogP contribution < -0.4 is 10.9 Å². The molecule has 13 heavy (non-hydrogen) atoms. The Morgan fingerprint density at radius 1 is 1.69 bits per heavy atom. The Bertz CT molecular complexity index is 373. The lowest BCUT2D eigenvalue weighted by Gasteiger charge is -2.01. The fraction of sp³-hybridized carbons (Fsp3) is 0.250. The Morgan fingerprint density at radius 3 is 3.00 bits per heavy atom. The van der Waals surface area contributed by atoms with Gasteiger partial charge in [-0.2, -0.15) is 0 Å². The molecule has 0 saturated heterocycles. The van der Waals surface area contributed by atoms with Gasteiger partial charge in [-0.3, -0.25) is 9.59 Å². The number of pyridine rings is 1. The Hall–Kier alpha value is -1.10. The number of aromatic nitrogens is 1. The lowest BCUT2D eigenvalue weighted by molar-refractivity contribution is -0.115. The highest BCUT2D eigenvalue weighted by Crippen LogP contribution is 2.09. The minimum Gasteiger partial charge on any atom is -0.326 e. The fourth-order valence-corrected chi connectivity index (χ4v) is 1.13. The molecule has 1 aromatic rings. The van der Waals surface area contributed by atoms with Crippen LogP contribution in [-0.4, -0.2) is 10.9 Å². The predicted octanol–water partition coefficient (Wildman–Crippen LogP) is 1.49. The number of rotatable bonds is 2. The van der Waals surface area contributed by atoms with Crippen LogP contribution >= 0.6 is 15.9 Å². The molecule has 5 heteroatoms. The quantitative estimate of drug-likeness (QED) is 0.829. The number of anilines is 1. The van der Waals surface area contributed by atoms with E-state index >= 15 is 0 Å². The number of carbonyl (C=O) groups is 1. The van der Waals surface area contributed by atoms with E-state index in [-0.39, 0.29) is 17.2 Å². The summed E-state index contributed by atoms with van der Waals surface area (Å²) in [5.41, 5.74) is -0.0359. The molecule has 0 fully saturated rings. The summed E-state index contributed by atoms with van der Waals surface area (Å²) in [5.74, 6) is -0.177. The maximum absolute atomic E-state index is 11.1. The molecule has 0 aliphatic rings. The number of hydrogen-bond donors (Lipinski definition) is 2. The Balaban J connectivity index is 2.94. The normalized spacial score (nSPS) is 9.69. The van der Waals surface area contributed by atoms with Gasteiger partial charge in [0.2, 0.25) is 5.91 Å². The molecule has 0 aliphatic heterocycles. The Kier molecular flexibility index (Phi) is 3.25. The molecular formula is C8H9BrN2O2. The number of nitrogens with one attached hydrogen (secondary N) is 2. The summed E-state index contributed by atoms with van der Waals surface area (Å²) >= 11 is 3.19. The first-order chi connectivity index (χ1) is 6.13. The molecule has 4 nitrogen and oxygen atoms in total. The van der Waals surface area contributed by atoms with Crippen molar-refractivity contribution < 1.29 is 4.79 Å². The summed E-state index contributed by atoms with van der Waals surface area (Å²) in [6.07, 6.45) is 1.87. The molecule has 2 N–H and O–H groups in total. The third kappa shape index (κ3) is 2.69. The van der Waals surface area contributed by atoms with Crippen molar-refractivity contribution in [1.29, 1.82) is 0 Å². The molecule has 0 aliphatic carbocycles. The van der Waals surface area contributed by atoms with E-state index in [1.165, 1.54) is 6.20 Å². The molecule has 1 aromatic heterocycles. The predicted molar refractivity (Wildman–Crippen MR) is 53.7 cm³/mol. The molecule has 0 radical (unpaired) electrons. The van der Waals surface area contributed by atoms with E-state index in [1.54, 1.807) is 13.0 Å². The van der Waals surface area contributed by atoms with Crippen LogP contribution in [0, 0.1) is 0 Å².